The molecule has 1 aliphatic carbocycles. The van der Waals surface area contributed by atoms with Crippen molar-refractivity contribution >= 4 is 22.6 Å². The van der Waals surface area contributed by atoms with Gasteiger partial charge in [-0.25, -0.2) is 0 Å². The summed E-state index contributed by atoms with van der Waals surface area (Å²) < 4.78 is 2.17. The molecule has 0 radical (unpaired) electrons. The molecule has 12 heavy (non-hydrogen) atoms. The summed E-state index contributed by atoms with van der Waals surface area (Å²) in [5.41, 5.74) is 2.92. The highest BCUT2D eigenvalue weighted by atomic mass is 127. The summed E-state index contributed by atoms with van der Waals surface area (Å²) in [7, 11) is 0. The third-order valence-corrected chi connectivity index (χ3v) is 2.78. The maximum absolute atomic E-state index is 2.31. The van der Waals surface area contributed by atoms with Crippen LogP contribution in [0.4, 0.5) is 0 Å². The van der Waals surface area contributed by atoms with Gasteiger partial charge in [-0.3, -0.25) is 0 Å². The molecule has 0 bridgehead atoms. The molecule has 1 rings (SSSR count). The second kappa shape index (κ2) is 5.57. The van der Waals surface area contributed by atoms with Crippen LogP contribution in [0.25, 0.3) is 0 Å². The van der Waals surface area contributed by atoms with E-state index in [0.717, 1.165) is 0 Å². The van der Waals surface area contributed by atoms with E-state index in [1.54, 1.807) is 0 Å². The molecule has 0 aliphatic heterocycles. The average molecular weight is 274 g/mol. The van der Waals surface area contributed by atoms with Crippen LogP contribution in [-0.4, -0.2) is 0 Å². The quantitative estimate of drug-likeness (QED) is 0.527. The predicted octanol–water partition coefficient (Wildman–Crippen LogP) is 4.38. The Morgan fingerprint density at radius 2 is 2.25 bits per heavy atom. The number of halogens is 1. The summed E-state index contributed by atoms with van der Waals surface area (Å²) in [6.07, 6.45) is 11.8. The second-order valence-electron chi connectivity index (χ2n) is 3.07. The molecule has 0 heterocycles. The van der Waals surface area contributed by atoms with Gasteiger partial charge in [-0.05, 0) is 28.1 Å². The fourth-order valence-electron chi connectivity index (χ4n) is 1.37. The number of hydrogen-bond donors (Lipinski definition) is 0. The smallest absolute Gasteiger partial charge is 0.0158 e. The normalized spacial score (nSPS) is 18.8. The van der Waals surface area contributed by atoms with E-state index in [2.05, 4.69) is 51.8 Å². The largest absolute Gasteiger partial charge is 0.0654 e. The van der Waals surface area contributed by atoms with Gasteiger partial charge in [-0.1, -0.05) is 60.6 Å². The molecular formula is C11H15I. The Bertz CT molecular complexity index is 221. The topological polar surface area (TPSA) is 0 Å². The number of allylic oxidation sites excluding steroid dienone is 5. The molecule has 0 saturated heterocycles. The highest BCUT2D eigenvalue weighted by molar-refractivity contribution is 14.1. The second-order valence-corrected chi connectivity index (χ2v) is 3.70. The van der Waals surface area contributed by atoms with Crippen molar-refractivity contribution in [2.45, 2.75) is 32.6 Å². The average Bonchev–Trinajstić information content (AvgIpc) is 2.52. The molecule has 0 nitrogen and oxygen atoms in total. The first-order valence-electron chi connectivity index (χ1n) is 4.56. The highest BCUT2D eigenvalue weighted by Crippen LogP contribution is 2.24. The van der Waals surface area contributed by atoms with E-state index >= 15 is 0 Å². The Morgan fingerprint density at radius 3 is 2.92 bits per heavy atom. The summed E-state index contributed by atoms with van der Waals surface area (Å²) >= 11 is 2.31. The van der Waals surface area contributed by atoms with Crippen molar-refractivity contribution in [1.82, 2.24) is 0 Å². The molecule has 66 valence electrons. The summed E-state index contributed by atoms with van der Waals surface area (Å²) in [4.78, 5) is 0. The highest BCUT2D eigenvalue weighted by Gasteiger charge is 2.04. The van der Waals surface area contributed by atoms with Crippen LogP contribution in [-0.2, 0) is 0 Å². The van der Waals surface area contributed by atoms with Crippen LogP contribution in [0.5, 0.6) is 0 Å². The van der Waals surface area contributed by atoms with Crippen molar-refractivity contribution in [2.24, 2.45) is 0 Å². The molecule has 0 unspecified atom stereocenters. The van der Waals surface area contributed by atoms with E-state index in [1.807, 2.05) is 0 Å². The molecule has 0 atom stereocenters. The van der Waals surface area contributed by atoms with E-state index in [1.165, 1.54) is 36.8 Å². The molecule has 0 amide bonds. The van der Waals surface area contributed by atoms with Crippen molar-refractivity contribution in [3.63, 3.8) is 0 Å². The van der Waals surface area contributed by atoms with Crippen molar-refractivity contribution in [2.75, 3.05) is 0 Å². The first kappa shape index (κ1) is 10.0. The van der Waals surface area contributed by atoms with Crippen LogP contribution in [0.1, 0.15) is 32.6 Å². The maximum Gasteiger partial charge on any atom is -0.0158 e. The minimum atomic E-state index is 1.25. The summed E-state index contributed by atoms with van der Waals surface area (Å²) in [6.45, 7) is 2.25. The van der Waals surface area contributed by atoms with Gasteiger partial charge in [-0.15, -0.1) is 0 Å². The monoisotopic (exact) mass is 274 g/mol. The van der Waals surface area contributed by atoms with Crippen LogP contribution >= 0.6 is 22.6 Å². The molecule has 0 aromatic heterocycles. The maximum atomic E-state index is 2.31. The SMILES string of the molecule is CCCCCC1=CC=CC1=CI. The zero-order valence-corrected chi connectivity index (χ0v) is 9.67. The summed E-state index contributed by atoms with van der Waals surface area (Å²) in [5, 5.41) is 0. The Morgan fingerprint density at radius 1 is 1.42 bits per heavy atom. The van der Waals surface area contributed by atoms with Crippen molar-refractivity contribution in [3.8, 4) is 0 Å². The lowest BCUT2D eigenvalue weighted by Gasteiger charge is -2.02. The third-order valence-electron chi connectivity index (χ3n) is 2.11. The van der Waals surface area contributed by atoms with Crippen LogP contribution in [0, 0.1) is 0 Å². The number of hydrogen-bond acceptors (Lipinski definition) is 0. The molecule has 0 N–H and O–H groups in total. The summed E-state index contributed by atoms with van der Waals surface area (Å²) in [5.74, 6) is 0. The Balaban J connectivity index is 2.34. The third kappa shape index (κ3) is 2.77. The minimum absolute atomic E-state index is 1.25. The van der Waals surface area contributed by atoms with Crippen LogP contribution < -0.4 is 0 Å². The lowest BCUT2D eigenvalue weighted by Crippen LogP contribution is -1.83. The van der Waals surface area contributed by atoms with Crippen molar-refractivity contribution < 1.29 is 0 Å². The Kier molecular flexibility index (Phi) is 4.66. The van der Waals surface area contributed by atoms with E-state index in [0.29, 0.717) is 0 Å². The molecule has 0 spiro atoms. The summed E-state index contributed by atoms with van der Waals surface area (Å²) in [6, 6.07) is 0. The van der Waals surface area contributed by atoms with Gasteiger partial charge in [0, 0.05) is 0 Å². The fourth-order valence-corrected chi connectivity index (χ4v) is 1.98. The van der Waals surface area contributed by atoms with Crippen LogP contribution in [0.15, 0.2) is 33.5 Å². The van der Waals surface area contributed by atoms with Crippen molar-refractivity contribution in [3.05, 3.63) is 33.5 Å². The van der Waals surface area contributed by atoms with Gasteiger partial charge in [0.25, 0.3) is 0 Å². The molecular weight excluding hydrogens is 259 g/mol. The number of rotatable bonds is 4. The van der Waals surface area contributed by atoms with Gasteiger partial charge < -0.3 is 0 Å². The first-order chi connectivity index (χ1) is 5.88. The van der Waals surface area contributed by atoms with E-state index in [9.17, 15) is 0 Å². The predicted molar refractivity (Wildman–Crippen MR) is 63.5 cm³/mol. The van der Waals surface area contributed by atoms with Crippen molar-refractivity contribution in [1.29, 1.82) is 0 Å². The van der Waals surface area contributed by atoms with Gasteiger partial charge in [-0.2, -0.15) is 0 Å². The molecule has 0 aromatic rings. The zero-order valence-electron chi connectivity index (χ0n) is 7.52. The van der Waals surface area contributed by atoms with E-state index in [-0.39, 0.29) is 0 Å². The van der Waals surface area contributed by atoms with E-state index < -0.39 is 0 Å². The van der Waals surface area contributed by atoms with E-state index in [4.69, 9.17) is 0 Å². The first-order valence-corrected chi connectivity index (χ1v) is 5.81. The van der Waals surface area contributed by atoms with Gasteiger partial charge in [0.1, 0.15) is 0 Å². The molecule has 0 fully saturated rings. The molecule has 0 aromatic carbocycles. The van der Waals surface area contributed by atoms with Gasteiger partial charge >= 0.3 is 0 Å². The van der Waals surface area contributed by atoms with Gasteiger partial charge in [0.05, 0.1) is 0 Å². The zero-order chi connectivity index (χ0) is 8.81. The Labute approximate surface area is 88.6 Å². The van der Waals surface area contributed by atoms with Crippen LogP contribution in [0.2, 0.25) is 0 Å². The molecule has 1 heteroatoms. The number of unbranched alkanes of at least 4 members (excludes halogenated alkanes) is 2. The van der Waals surface area contributed by atoms with Crippen LogP contribution in [0.3, 0.4) is 0 Å². The van der Waals surface area contributed by atoms with Gasteiger partial charge in [0.15, 0.2) is 0 Å². The molecule has 0 saturated carbocycles. The lowest BCUT2D eigenvalue weighted by atomic mass is 10.0. The van der Waals surface area contributed by atoms with Gasteiger partial charge in [0.2, 0.25) is 0 Å². The minimum Gasteiger partial charge on any atom is -0.0654 e. The Hall–Kier alpha value is -0.0500. The standard InChI is InChI=1S/C11H15I/c1-2-3-4-6-10-7-5-8-11(10)9-12/h5,7-9H,2-4,6H2,1H3. The lowest BCUT2D eigenvalue weighted by molar-refractivity contribution is 0.718. The fraction of sp³-hybridized carbons (Fsp3) is 0.455. The molecule has 1 aliphatic rings.